The number of rotatable bonds is 4. The summed E-state index contributed by atoms with van der Waals surface area (Å²) in [6, 6.07) is 23.2. The number of hydrazone groups is 1. The van der Waals surface area contributed by atoms with E-state index in [1.807, 2.05) is 87.5 Å². The first-order valence-electron chi connectivity index (χ1n) is 9.50. The second kappa shape index (κ2) is 7.72. The third-order valence-corrected chi connectivity index (χ3v) is 5.11. The minimum Gasteiger partial charge on any atom is -0.268 e. The van der Waals surface area contributed by atoms with Gasteiger partial charge in [0.2, 0.25) is 5.95 Å². The fourth-order valence-corrected chi connectivity index (χ4v) is 3.29. The van der Waals surface area contributed by atoms with Crippen molar-refractivity contribution in [1.29, 1.82) is 0 Å². The summed E-state index contributed by atoms with van der Waals surface area (Å²) in [6.07, 6.45) is 0. The normalized spacial score (nSPS) is 11.6. The molecule has 0 spiro atoms. The van der Waals surface area contributed by atoms with Gasteiger partial charge in [0.15, 0.2) is 0 Å². The Morgan fingerprint density at radius 1 is 0.931 bits per heavy atom. The van der Waals surface area contributed by atoms with Crippen LogP contribution in [0, 0.1) is 13.8 Å². The number of para-hydroxylation sites is 1. The number of aromatic nitrogens is 2. The molecule has 4 rings (SSSR count). The zero-order valence-electron chi connectivity index (χ0n) is 16.7. The number of hydrogen-bond acceptors (Lipinski definition) is 4. The van der Waals surface area contributed by atoms with E-state index in [4.69, 9.17) is 4.98 Å². The summed E-state index contributed by atoms with van der Waals surface area (Å²) >= 11 is 0. The molecule has 1 heterocycles. The van der Waals surface area contributed by atoms with E-state index in [1.54, 1.807) is 10.6 Å². The molecule has 29 heavy (non-hydrogen) atoms. The Morgan fingerprint density at radius 3 is 2.45 bits per heavy atom. The summed E-state index contributed by atoms with van der Waals surface area (Å²) in [5.41, 5.74) is 8.27. The van der Waals surface area contributed by atoms with Gasteiger partial charge in [-0.15, -0.1) is 0 Å². The Kier molecular flexibility index (Phi) is 4.96. The molecule has 1 N–H and O–H groups in total. The van der Waals surface area contributed by atoms with Crippen LogP contribution in [0.15, 0.2) is 82.7 Å². The molecule has 0 unspecified atom stereocenters. The number of aryl methyl sites for hydroxylation is 1. The summed E-state index contributed by atoms with van der Waals surface area (Å²) in [7, 11) is 0. The number of nitrogens with one attached hydrogen (secondary N) is 1. The molecule has 4 aromatic rings. The molecule has 1 aromatic heterocycles. The third-order valence-electron chi connectivity index (χ3n) is 5.11. The highest BCUT2D eigenvalue weighted by Gasteiger charge is 2.15. The van der Waals surface area contributed by atoms with Crippen LogP contribution in [-0.4, -0.2) is 15.3 Å². The molecule has 0 aliphatic rings. The van der Waals surface area contributed by atoms with Crippen LogP contribution in [-0.2, 0) is 0 Å². The monoisotopic (exact) mass is 382 g/mol. The van der Waals surface area contributed by atoms with E-state index in [0.29, 0.717) is 16.9 Å². The largest absolute Gasteiger partial charge is 0.268 e. The van der Waals surface area contributed by atoms with Crippen molar-refractivity contribution in [2.45, 2.75) is 20.8 Å². The summed E-state index contributed by atoms with van der Waals surface area (Å²) in [4.78, 5) is 18.1. The molecule has 3 aromatic carbocycles. The summed E-state index contributed by atoms with van der Waals surface area (Å²) in [5, 5.41) is 5.07. The molecule has 0 saturated carbocycles. The Labute approximate surface area is 169 Å². The van der Waals surface area contributed by atoms with Gasteiger partial charge in [-0.05, 0) is 55.7 Å². The summed E-state index contributed by atoms with van der Waals surface area (Å²) in [6.45, 7) is 5.96. The second-order valence-corrected chi connectivity index (χ2v) is 6.99. The van der Waals surface area contributed by atoms with Crippen molar-refractivity contribution in [1.82, 2.24) is 9.55 Å². The quantitative estimate of drug-likeness (QED) is 0.406. The lowest BCUT2D eigenvalue weighted by Crippen LogP contribution is -2.23. The highest BCUT2D eigenvalue weighted by atomic mass is 16.1. The Balaban J connectivity index is 1.91. The smallest absolute Gasteiger partial charge is 0.267 e. The number of fused-ring (bicyclic) bond motifs is 1. The van der Waals surface area contributed by atoms with Gasteiger partial charge in [0, 0.05) is 0 Å². The standard InChI is InChI=1S/C24H22N4O/c1-16-10-9-15-22(17(16)2)28-23(29)20-13-7-8-14-21(20)25-24(28)27-26-18(3)19-11-5-4-6-12-19/h4-15H,1-3H3,(H,25,27)/b26-18-. The van der Waals surface area contributed by atoms with Gasteiger partial charge in [0.05, 0.1) is 22.3 Å². The molecule has 0 bridgehead atoms. The van der Waals surface area contributed by atoms with Crippen molar-refractivity contribution in [3.05, 3.63) is 99.8 Å². The number of anilines is 1. The first-order chi connectivity index (χ1) is 14.1. The highest BCUT2D eigenvalue weighted by molar-refractivity contribution is 5.99. The van der Waals surface area contributed by atoms with Gasteiger partial charge in [-0.1, -0.05) is 54.6 Å². The van der Waals surface area contributed by atoms with Crippen LogP contribution >= 0.6 is 0 Å². The van der Waals surface area contributed by atoms with E-state index < -0.39 is 0 Å². The summed E-state index contributed by atoms with van der Waals surface area (Å²) < 4.78 is 1.60. The number of hydrogen-bond donors (Lipinski definition) is 1. The molecule has 0 atom stereocenters. The van der Waals surface area contributed by atoms with E-state index in [9.17, 15) is 4.79 Å². The second-order valence-electron chi connectivity index (χ2n) is 6.99. The highest BCUT2D eigenvalue weighted by Crippen LogP contribution is 2.21. The van der Waals surface area contributed by atoms with Crippen molar-refractivity contribution < 1.29 is 0 Å². The maximum Gasteiger partial charge on any atom is 0.267 e. The van der Waals surface area contributed by atoms with Crippen molar-refractivity contribution >= 4 is 22.6 Å². The molecule has 5 heteroatoms. The lowest BCUT2D eigenvalue weighted by molar-refractivity contribution is 0.943. The van der Waals surface area contributed by atoms with Crippen LogP contribution < -0.4 is 11.0 Å². The van der Waals surface area contributed by atoms with Crippen molar-refractivity contribution in [3.63, 3.8) is 0 Å². The van der Waals surface area contributed by atoms with Crippen molar-refractivity contribution in [3.8, 4) is 5.69 Å². The fraction of sp³-hybridized carbons (Fsp3) is 0.125. The zero-order chi connectivity index (χ0) is 20.4. The average Bonchev–Trinajstić information content (AvgIpc) is 2.75. The molecule has 0 aliphatic carbocycles. The van der Waals surface area contributed by atoms with Gasteiger partial charge < -0.3 is 0 Å². The molecule has 0 radical (unpaired) electrons. The zero-order valence-corrected chi connectivity index (χ0v) is 16.7. The molecule has 0 amide bonds. The Morgan fingerprint density at radius 2 is 1.66 bits per heavy atom. The van der Waals surface area contributed by atoms with Gasteiger partial charge in [0.1, 0.15) is 0 Å². The molecule has 0 saturated heterocycles. The maximum atomic E-state index is 13.4. The van der Waals surface area contributed by atoms with Gasteiger partial charge in [0.25, 0.3) is 5.56 Å². The van der Waals surface area contributed by atoms with E-state index in [0.717, 1.165) is 28.1 Å². The molecular formula is C24H22N4O. The van der Waals surface area contributed by atoms with Gasteiger partial charge in [-0.2, -0.15) is 5.10 Å². The van der Waals surface area contributed by atoms with Crippen LogP contribution in [0.5, 0.6) is 0 Å². The predicted molar refractivity (Wildman–Crippen MR) is 119 cm³/mol. The van der Waals surface area contributed by atoms with Crippen LogP contribution in [0.25, 0.3) is 16.6 Å². The Bertz CT molecular complexity index is 1270. The van der Waals surface area contributed by atoms with E-state index in [1.165, 1.54) is 0 Å². The number of benzene rings is 3. The Hall–Kier alpha value is -3.73. The first-order valence-corrected chi connectivity index (χ1v) is 9.50. The molecular weight excluding hydrogens is 360 g/mol. The minimum absolute atomic E-state index is 0.126. The predicted octanol–water partition coefficient (Wildman–Crippen LogP) is 4.84. The van der Waals surface area contributed by atoms with E-state index in [2.05, 4.69) is 10.5 Å². The van der Waals surface area contributed by atoms with Crippen LogP contribution in [0.4, 0.5) is 5.95 Å². The maximum absolute atomic E-state index is 13.4. The molecule has 0 aliphatic heterocycles. The van der Waals surface area contributed by atoms with E-state index >= 15 is 0 Å². The molecule has 5 nitrogen and oxygen atoms in total. The van der Waals surface area contributed by atoms with Gasteiger partial charge in [-0.3, -0.25) is 4.79 Å². The SMILES string of the molecule is C/C(=N/Nc1nc2ccccc2c(=O)n1-c1cccc(C)c1C)c1ccccc1. The lowest BCUT2D eigenvalue weighted by atomic mass is 10.1. The lowest BCUT2D eigenvalue weighted by Gasteiger charge is -2.16. The van der Waals surface area contributed by atoms with Crippen LogP contribution in [0.1, 0.15) is 23.6 Å². The van der Waals surface area contributed by atoms with Gasteiger partial charge in [-0.25, -0.2) is 15.0 Å². The average molecular weight is 382 g/mol. The molecule has 0 fully saturated rings. The topological polar surface area (TPSA) is 59.3 Å². The van der Waals surface area contributed by atoms with Crippen LogP contribution in [0.2, 0.25) is 0 Å². The van der Waals surface area contributed by atoms with Crippen LogP contribution in [0.3, 0.4) is 0 Å². The van der Waals surface area contributed by atoms with Crippen molar-refractivity contribution in [2.75, 3.05) is 5.43 Å². The van der Waals surface area contributed by atoms with E-state index in [-0.39, 0.29) is 5.56 Å². The first kappa shape index (κ1) is 18.6. The molecule has 144 valence electrons. The minimum atomic E-state index is -0.126. The van der Waals surface area contributed by atoms with Gasteiger partial charge >= 0.3 is 0 Å². The number of nitrogens with zero attached hydrogens (tertiary/aromatic N) is 3. The summed E-state index contributed by atoms with van der Waals surface area (Å²) in [5.74, 6) is 0.387. The van der Waals surface area contributed by atoms with Crippen molar-refractivity contribution in [2.24, 2.45) is 5.10 Å². The fourth-order valence-electron chi connectivity index (χ4n) is 3.29. The third kappa shape index (κ3) is 3.55.